The van der Waals surface area contributed by atoms with Gasteiger partial charge in [0.25, 0.3) is 0 Å². The van der Waals surface area contributed by atoms with Crippen LogP contribution >= 0.6 is 0 Å². The summed E-state index contributed by atoms with van der Waals surface area (Å²) in [4.78, 5) is 22.9. The minimum absolute atomic E-state index is 0.0283. The van der Waals surface area contributed by atoms with Crippen LogP contribution in [0.3, 0.4) is 0 Å². The number of amides is 1. The van der Waals surface area contributed by atoms with Crippen molar-refractivity contribution in [1.29, 1.82) is 5.26 Å². The average molecular weight is 576 g/mol. The third kappa shape index (κ3) is 5.18. The molecule has 0 spiro atoms. The number of nitriles is 1. The van der Waals surface area contributed by atoms with Crippen LogP contribution in [0.2, 0.25) is 0 Å². The molecule has 6 rings (SSSR count). The van der Waals surface area contributed by atoms with Gasteiger partial charge in [0.2, 0.25) is 5.91 Å². The Bertz CT molecular complexity index is 1520. The van der Waals surface area contributed by atoms with Crippen LogP contribution in [0.25, 0.3) is 11.3 Å². The number of pyridine rings is 1. The number of likely N-dealkylation sites (tertiary alicyclic amines) is 1. The van der Waals surface area contributed by atoms with Gasteiger partial charge in [-0.25, -0.2) is 0 Å². The number of nitrogens with one attached hydrogen (secondary N) is 1. The number of halogens is 3. The lowest BCUT2D eigenvalue weighted by Crippen LogP contribution is -2.54. The molecule has 3 aromatic rings. The van der Waals surface area contributed by atoms with Crippen LogP contribution in [0.4, 0.5) is 18.9 Å². The number of hydrogen-bond acceptors (Lipinski definition) is 6. The molecule has 1 amide bonds. The van der Waals surface area contributed by atoms with Crippen LogP contribution in [0, 0.1) is 11.3 Å². The second-order valence-corrected chi connectivity index (χ2v) is 11.5. The number of hydrogen-bond donors (Lipinski definition) is 1. The van der Waals surface area contributed by atoms with Crippen LogP contribution in [0.15, 0.2) is 54.7 Å². The SMILES string of the molecule is CN1CC[C@@H](NC(=O)C2(c3ccc(-c4cccc5c4OCC5)nc3)CCN(c3ccc(C(F)(F)F)cc3C#N)CC2)C1. The van der Waals surface area contributed by atoms with Crippen LogP contribution < -0.4 is 15.0 Å². The van der Waals surface area contributed by atoms with E-state index in [-0.39, 0.29) is 17.5 Å². The van der Waals surface area contributed by atoms with Crippen LogP contribution in [0.5, 0.6) is 5.75 Å². The molecule has 0 radical (unpaired) electrons. The lowest BCUT2D eigenvalue weighted by atomic mass is 9.72. The molecule has 2 aromatic carbocycles. The summed E-state index contributed by atoms with van der Waals surface area (Å²) < 4.78 is 45.7. The van der Waals surface area contributed by atoms with E-state index in [1.807, 2.05) is 42.3 Å². The van der Waals surface area contributed by atoms with Gasteiger partial charge in [-0.05, 0) is 74.3 Å². The highest BCUT2D eigenvalue weighted by Crippen LogP contribution is 2.41. The van der Waals surface area contributed by atoms with Crippen molar-refractivity contribution in [3.63, 3.8) is 0 Å². The van der Waals surface area contributed by atoms with E-state index in [9.17, 15) is 23.2 Å². The molecule has 7 nitrogen and oxygen atoms in total. The zero-order valence-electron chi connectivity index (χ0n) is 23.4. The minimum atomic E-state index is -4.53. The van der Waals surface area contributed by atoms with Gasteiger partial charge in [-0.3, -0.25) is 9.78 Å². The van der Waals surface area contributed by atoms with E-state index in [4.69, 9.17) is 9.72 Å². The summed E-state index contributed by atoms with van der Waals surface area (Å²) in [5.41, 5.74) is 2.35. The highest BCUT2D eigenvalue weighted by atomic mass is 19.4. The Labute approximate surface area is 242 Å². The molecule has 1 N–H and O–H groups in total. The van der Waals surface area contributed by atoms with E-state index in [0.29, 0.717) is 38.2 Å². The Morgan fingerprint density at radius 1 is 1.14 bits per heavy atom. The predicted molar refractivity (Wildman–Crippen MR) is 152 cm³/mol. The smallest absolute Gasteiger partial charge is 0.416 e. The fourth-order valence-electron chi connectivity index (χ4n) is 6.48. The van der Waals surface area contributed by atoms with Crippen molar-refractivity contribution in [2.45, 2.75) is 43.3 Å². The minimum Gasteiger partial charge on any atom is -0.492 e. The molecule has 10 heteroatoms. The Morgan fingerprint density at radius 2 is 1.95 bits per heavy atom. The molecule has 0 unspecified atom stereocenters. The molecule has 1 atom stereocenters. The first-order chi connectivity index (χ1) is 20.2. The topological polar surface area (TPSA) is 81.5 Å². The van der Waals surface area contributed by atoms with E-state index in [1.54, 1.807) is 6.20 Å². The second-order valence-electron chi connectivity index (χ2n) is 11.5. The Balaban J connectivity index is 1.29. The fourth-order valence-corrected chi connectivity index (χ4v) is 6.48. The van der Waals surface area contributed by atoms with Crippen LogP contribution in [-0.4, -0.2) is 61.7 Å². The van der Waals surface area contributed by atoms with E-state index < -0.39 is 17.2 Å². The van der Waals surface area contributed by atoms with Gasteiger partial charge in [-0.1, -0.05) is 18.2 Å². The summed E-state index contributed by atoms with van der Waals surface area (Å²) in [7, 11) is 2.03. The van der Waals surface area contributed by atoms with Crippen molar-refractivity contribution in [1.82, 2.24) is 15.2 Å². The van der Waals surface area contributed by atoms with Gasteiger partial charge >= 0.3 is 6.18 Å². The molecule has 42 heavy (non-hydrogen) atoms. The number of ether oxygens (including phenoxy) is 1. The zero-order chi connectivity index (χ0) is 29.5. The fraction of sp³-hybridized carbons (Fsp3) is 0.406. The van der Waals surface area contributed by atoms with Crippen molar-refractivity contribution in [2.75, 3.05) is 44.7 Å². The molecule has 218 valence electrons. The third-order valence-electron chi connectivity index (χ3n) is 8.87. The summed E-state index contributed by atoms with van der Waals surface area (Å²) in [6, 6.07) is 15.2. The Kier molecular flexibility index (Phi) is 7.31. The standard InChI is InChI=1S/C32H32F3N5O2/c1-39-13-9-25(20-39)38-30(41)31(24-5-7-27(37-19-24)26-4-2-3-21-10-16-42-29(21)26)11-14-40(15-12-31)28-8-6-23(32(33,34)35)17-22(28)18-36/h2-8,17,19,25H,9-16,20H2,1H3,(H,38,41)/t25-/m1/s1. The molecule has 2 fully saturated rings. The van der Waals surface area contributed by atoms with Gasteiger partial charge in [-0.2, -0.15) is 18.4 Å². The van der Waals surface area contributed by atoms with E-state index in [1.165, 1.54) is 6.07 Å². The monoisotopic (exact) mass is 575 g/mol. The lowest BCUT2D eigenvalue weighted by molar-refractivity contribution is -0.137. The number of aromatic nitrogens is 1. The quantitative estimate of drug-likeness (QED) is 0.465. The first kappa shape index (κ1) is 28.0. The zero-order valence-corrected chi connectivity index (χ0v) is 23.4. The number of anilines is 1. The van der Waals surface area contributed by atoms with Gasteiger partial charge in [0.15, 0.2) is 0 Å². The summed E-state index contributed by atoms with van der Waals surface area (Å²) >= 11 is 0. The number of piperidine rings is 1. The van der Waals surface area contributed by atoms with Crippen molar-refractivity contribution in [3.8, 4) is 23.1 Å². The highest BCUT2D eigenvalue weighted by Gasteiger charge is 2.45. The number of carbonyl (C=O) groups excluding carboxylic acids is 1. The van der Waals surface area contributed by atoms with Crippen molar-refractivity contribution >= 4 is 11.6 Å². The van der Waals surface area contributed by atoms with Crippen LogP contribution in [-0.2, 0) is 22.8 Å². The summed E-state index contributed by atoms with van der Waals surface area (Å²) in [6.45, 7) is 3.14. The third-order valence-corrected chi connectivity index (χ3v) is 8.87. The largest absolute Gasteiger partial charge is 0.492 e. The molecule has 3 aliphatic rings. The number of benzene rings is 2. The maximum atomic E-state index is 14.0. The summed E-state index contributed by atoms with van der Waals surface area (Å²) in [5, 5.41) is 12.9. The highest BCUT2D eigenvalue weighted by molar-refractivity contribution is 5.89. The molecule has 2 saturated heterocycles. The predicted octanol–water partition coefficient (Wildman–Crippen LogP) is 4.93. The average Bonchev–Trinajstić information content (AvgIpc) is 3.65. The maximum Gasteiger partial charge on any atom is 0.416 e. The van der Waals surface area contributed by atoms with Crippen molar-refractivity contribution in [2.24, 2.45) is 0 Å². The van der Waals surface area contributed by atoms with Gasteiger partial charge in [0.1, 0.15) is 11.8 Å². The number of carbonyl (C=O) groups is 1. The molecule has 1 aromatic heterocycles. The van der Waals surface area contributed by atoms with Gasteiger partial charge in [0, 0.05) is 43.9 Å². The number of fused-ring (bicyclic) bond motifs is 1. The molecular formula is C32H32F3N5O2. The molecule has 0 saturated carbocycles. The second kappa shape index (κ2) is 11.0. The van der Waals surface area contributed by atoms with E-state index >= 15 is 0 Å². The molecule has 0 bridgehead atoms. The van der Waals surface area contributed by atoms with E-state index in [0.717, 1.165) is 66.2 Å². The van der Waals surface area contributed by atoms with E-state index in [2.05, 4.69) is 16.3 Å². The first-order valence-corrected chi connectivity index (χ1v) is 14.3. The summed E-state index contributed by atoms with van der Waals surface area (Å²) in [6.07, 6.45) is -0.158. The molecule has 3 aliphatic heterocycles. The number of rotatable bonds is 5. The van der Waals surface area contributed by atoms with Gasteiger partial charge in [0.05, 0.1) is 34.5 Å². The lowest BCUT2D eigenvalue weighted by Gasteiger charge is -2.42. The number of likely N-dealkylation sites (N-methyl/N-ethyl adjacent to an activating group) is 1. The number of para-hydroxylation sites is 1. The normalized spacial score (nSPS) is 20.1. The summed E-state index contributed by atoms with van der Waals surface area (Å²) in [5.74, 6) is 0.794. The Morgan fingerprint density at radius 3 is 2.62 bits per heavy atom. The van der Waals surface area contributed by atoms with Crippen molar-refractivity contribution < 1.29 is 22.7 Å². The van der Waals surface area contributed by atoms with Crippen molar-refractivity contribution in [3.05, 3.63) is 77.0 Å². The molecule has 4 heterocycles. The van der Waals surface area contributed by atoms with Gasteiger partial charge in [-0.15, -0.1) is 0 Å². The molecule has 0 aliphatic carbocycles. The number of alkyl halides is 3. The first-order valence-electron chi connectivity index (χ1n) is 14.3. The molecular weight excluding hydrogens is 543 g/mol. The maximum absolute atomic E-state index is 14.0. The number of nitrogens with zero attached hydrogens (tertiary/aromatic N) is 4. The van der Waals surface area contributed by atoms with Crippen LogP contribution in [0.1, 0.15) is 41.5 Å². The van der Waals surface area contributed by atoms with Gasteiger partial charge < -0.3 is 19.9 Å². The Hall–Kier alpha value is -4.10.